The van der Waals surface area contributed by atoms with E-state index in [9.17, 15) is 12.8 Å². The highest BCUT2D eigenvalue weighted by molar-refractivity contribution is 7.92. The summed E-state index contributed by atoms with van der Waals surface area (Å²) in [4.78, 5) is -0.394. The Balaban J connectivity index is 2.11. The Morgan fingerprint density at radius 3 is 2.23 bits per heavy atom. The molecule has 3 rings (SSSR count). The van der Waals surface area contributed by atoms with Crippen LogP contribution in [0.1, 0.15) is 0 Å². The molecule has 0 aliphatic heterocycles. The van der Waals surface area contributed by atoms with E-state index in [4.69, 9.17) is 11.6 Å². The molecule has 0 atom stereocenters. The minimum absolute atomic E-state index is 0.350. The Morgan fingerprint density at radius 1 is 0.864 bits per heavy atom. The van der Waals surface area contributed by atoms with Gasteiger partial charge >= 0.3 is 0 Å². The number of halogens is 2. The molecule has 3 aromatic carbocycles. The zero-order valence-corrected chi connectivity index (χ0v) is 12.8. The minimum Gasteiger partial charge on any atom is -0.279 e. The molecule has 0 radical (unpaired) electrons. The molecule has 3 nitrogen and oxygen atoms in total. The highest BCUT2D eigenvalue weighted by Crippen LogP contribution is 2.31. The Kier molecular flexibility index (Phi) is 3.76. The molecule has 0 unspecified atom stereocenters. The second kappa shape index (κ2) is 5.59. The van der Waals surface area contributed by atoms with Crippen LogP contribution in [0.25, 0.3) is 10.8 Å². The fourth-order valence-electron chi connectivity index (χ4n) is 2.21. The Morgan fingerprint density at radius 2 is 1.50 bits per heavy atom. The Bertz CT molecular complexity index is 957. The van der Waals surface area contributed by atoms with E-state index in [1.54, 1.807) is 30.3 Å². The number of sulfonamides is 1. The van der Waals surface area contributed by atoms with Gasteiger partial charge in [-0.15, -0.1) is 0 Å². The summed E-state index contributed by atoms with van der Waals surface area (Å²) in [6.07, 6.45) is 0. The summed E-state index contributed by atoms with van der Waals surface area (Å²) in [6.45, 7) is 0. The maximum Gasteiger partial charge on any atom is 0.264 e. The van der Waals surface area contributed by atoms with Crippen molar-refractivity contribution >= 4 is 38.1 Å². The van der Waals surface area contributed by atoms with Crippen LogP contribution in [-0.4, -0.2) is 8.42 Å². The van der Waals surface area contributed by atoms with E-state index < -0.39 is 20.7 Å². The number of rotatable bonds is 3. The summed E-state index contributed by atoms with van der Waals surface area (Å²) in [6, 6.07) is 15.5. The monoisotopic (exact) mass is 335 g/mol. The molecule has 0 saturated heterocycles. The van der Waals surface area contributed by atoms with Crippen molar-refractivity contribution in [3.8, 4) is 0 Å². The van der Waals surface area contributed by atoms with Gasteiger partial charge < -0.3 is 0 Å². The van der Waals surface area contributed by atoms with Crippen LogP contribution < -0.4 is 4.72 Å². The second-order valence-electron chi connectivity index (χ2n) is 4.68. The van der Waals surface area contributed by atoms with E-state index in [2.05, 4.69) is 4.72 Å². The first-order valence-corrected chi connectivity index (χ1v) is 8.30. The lowest BCUT2D eigenvalue weighted by Crippen LogP contribution is -2.14. The molecule has 0 aliphatic carbocycles. The van der Waals surface area contributed by atoms with Crippen molar-refractivity contribution in [1.29, 1.82) is 0 Å². The molecule has 0 aromatic heterocycles. The third-order valence-corrected chi connectivity index (χ3v) is 4.97. The lowest BCUT2D eigenvalue weighted by molar-refractivity contribution is 0.570. The topological polar surface area (TPSA) is 46.2 Å². The van der Waals surface area contributed by atoms with E-state index in [1.807, 2.05) is 6.07 Å². The highest BCUT2D eigenvalue weighted by atomic mass is 35.5. The third-order valence-electron chi connectivity index (χ3n) is 3.24. The predicted molar refractivity (Wildman–Crippen MR) is 86.2 cm³/mol. The molecule has 0 amide bonds. The molecule has 0 fully saturated rings. The van der Waals surface area contributed by atoms with Crippen molar-refractivity contribution in [3.05, 3.63) is 71.5 Å². The van der Waals surface area contributed by atoms with Crippen LogP contribution in [0.5, 0.6) is 0 Å². The van der Waals surface area contributed by atoms with Crippen molar-refractivity contribution < 1.29 is 12.8 Å². The van der Waals surface area contributed by atoms with Gasteiger partial charge in [0, 0.05) is 15.8 Å². The van der Waals surface area contributed by atoms with E-state index in [0.717, 1.165) is 11.5 Å². The van der Waals surface area contributed by atoms with Crippen molar-refractivity contribution in [2.45, 2.75) is 4.90 Å². The predicted octanol–water partition coefficient (Wildman–Crippen LogP) is 4.43. The molecule has 0 bridgehead atoms. The van der Waals surface area contributed by atoms with Crippen LogP contribution in [-0.2, 0) is 10.0 Å². The van der Waals surface area contributed by atoms with Gasteiger partial charge in [-0.05, 0) is 24.3 Å². The Hall–Kier alpha value is -2.11. The number of benzene rings is 3. The molecular formula is C16H11ClFNO2S. The maximum atomic E-state index is 13.7. The van der Waals surface area contributed by atoms with E-state index in [0.29, 0.717) is 16.1 Å². The van der Waals surface area contributed by atoms with Gasteiger partial charge in [-0.2, -0.15) is 0 Å². The van der Waals surface area contributed by atoms with E-state index >= 15 is 0 Å². The SMILES string of the molecule is O=S(=O)(Nc1ccc(Cl)c2ccccc12)c1ccccc1F. The summed E-state index contributed by atoms with van der Waals surface area (Å²) in [5, 5.41) is 1.89. The maximum absolute atomic E-state index is 13.7. The lowest BCUT2D eigenvalue weighted by atomic mass is 10.1. The van der Waals surface area contributed by atoms with Gasteiger partial charge in [-0.1, -0.05) is 48.0 Å². The summed E-state index contributed by atoms with van der Waals surface area (Å²) < 4.78 is 40.9. The average molecular weight is 336 g/mol. The van der Waals surface area contributed by atoms with Crippen molar-refractivity contribution in [2.75, 3.05) is 4.72 Å². The lowest BCUT2D eigenvalue weighted by Gasteiger charge is -2.12. The summed E-state index contributed by atoms with van der Waals surface area (Å²) in [5.41, 5.74) is 0.350. The molecule has 6 heteroatoms. The van der Waals surface area contributed by atoms with Crippen LogP contribution in [0, 0.1) is 5.82 Å². The highest BCUT2D eigenvalue weighted by Gasteiger charge is 2.19. The van der Waals surface area contributed by atoms with E-state index in [1.165, 1.54) is 18.2 Å². The molecule has 0 heterocycles. The summed E-state index contributed by atoms with van der Waals surface area (Å²) in [5.74, 6) is -0.798. The van der Waals surface area contributed by atoms with Crippen LogP contribution in [0.2, 0.25) is 5.02 Å². The molecule has 3 aromatic rings. The van der Waals surface area contributed by atoms with Crippen LogP contribution in [0.15, 0.2) is 65.6 Å². The summed E-state index contributed by atoms with van der Waals surface area (Å²) >= 11 is 6.11. The van der Waals surface area contributed by atoms with E-state index in [-0.39, 0.29) is 0 Å². The van der Waals surface area contributed by atoms with Crippen molar-refractivity contribution in [3.63, 3.8) is 0 Å². The molecule has 112 valence electrons. The zero-order valence-electron chi connectivity index (χ0n) is 11.3. The largest absolute Gasteiger partial charge is 0.279 e. The smallest absolute Gasteiger partial charge is 0.264 e. The molecule has 0 spiro atoms. The van der Waals surface area contributed by atoms with Gasteiger partial charge in [-0.25, -0.2) is 12.8 Å². The average Bonchev–Trinajstić information content (AvgIpc) is 2.50. The van der Waals surface area contributed by atoms with Crippen molar-refractivity contribution in [2.24, 2.45) is 0 Å². The minimum atomic E-state index is -4.02. The molecule has 0 saturated carbocycles. The van der Waals surface area contributed by atoms with Gasteiger partial charge in [0.1, 0.15) is 10.7 Å². The van der Waals surface area contributed by atoms with Crippen LogP contribution in [0.4, 0.5) is 10.1 Å². The van der Waals surface area contributed by atoms with Gasteiger partial charge in [0.05, 0.1) is 5.69 Å². The van der Waals surface area contributed by atoms with Gasteiger partial charge in [-0.3, -0.25) is 4.72 Å². The number of fused-ring (bicyclic) bond motifs is 1. The normalized spacial score (nSPS) is 11.5. The Labute approximate surface area is 132 Å². The van der Waals surface area contributed by atoms with Crippen LogP contribution >= 0.6 is 11.6 Å². The zero-order chi connectivity index (χ0) is 15.7. The summed E-state index contributed by atoms with van der Waals surface area (Å²) in [7, 11) is -4.02. The number of hydrogen-bond acceptors (Lipinski definition) is 2. The first-order valence-electron chi connectivity index (χ1n) is 6.43. The number of hydrogen-bond donors (Lipinski definition) is 1. The standard InChI is InChI=1S/C16H11ClFNO2S/c17-13-9-10-15(12-6-2-1-5-11(12)13)19-22(20,21)16-8-4-3-7-14(16)18/h1-10,19H. The molecule has 1 N–H and O–H groups in total. The fourth-order valence-corrected chi connectivity index (χ4v) is 3.60. The molecule has 22 heavy (non-hydrogen) atoms. The number of nitrogens with one attached hydrogen (secondary N) is 1. The quantitative estimate of drug-likeness (QED) is 0.769. The molecule has 0 aliphatic rings. The fraction of sp³-hybridized carbons (Fsp3) is 0. The first-order chi connectivity index (χ1) is 10.5. The second-order valence-corrected chi connectivity index (χ2v) is 6.73. The molecular weight excluding hydrogens is 325 g/mol. The van der Waals surface area contributed by atoms with Gasteiger partial charge in [0.2, 0.25) is 0 Å². The third kappa shape index (κ3) is 2.65. The first kappa shape index (κ1) is 14.8. The van der Waals surface area contributed by atoms with Crippen LogP contribution in [0.3, 0.4) is 0 Å². The van der Waals surface area contributed by atoms with Crippen molar-refractivity contribution in [1.82, 2.24) is 0 Å². The number of anilines is 1. The van der Waals surface area contributed by atoms with Gasteiger partial charge in [0.25, 0.3) is 10.0 Å². The van der Waals surface area contributed by atoms with Gasteiger partial charge in [0.15, 0.2) is 0 Å².